The number of rotatable bonds is 9. The maximum atomic E-state index is 9.33. The molecule has 0 amide bonds. The number of aliphatic hydroxyl groups is 1. The fraction of sp³-hybridized carbons (Fsp3) is 0.625. The number of aliphatic hydroxyl groups excluding tert-OH is 1. The van der Waals surface area contributed by atoms with Gasteiger partial charge in [-0.15, -0.1) is 0 Å². The van der Waals surface area contributed by atoms with Gasteiger partial charge in [0, 0.05) is 18.8 Å². The maximum absolute atomic E-state index is 9.33. The molecule has 0 radical (unpaired) electrons. The van der Waals surface area contributed by atoms with Gasteiger partial charge >= 0.3 is 0 Å². The summed E-state index contributed by atoms with van der Waals surface area (Å²) >= 11 is 0. The largest absolute Gasteiger partial charge is 0.490 e. The first-order valence-corrected chi connectivity index (χ1v) is 10.9. The molecule has 0 fully saturated rings. The predicted octanol–water partition coefficient (Wildman–Crippen LogP) is 5.33. The number of hydrogen-bond donors (Lipinski definition) is 1. The molecule has 1 N–H and O–H groups in total. The van der Waals surface area contributed by atoms with Crippen molar-refractivity contribution in [2.45, 2.75) is 77.7 Å². The van der Waals surface area contributed by atoms with Crippen molar-refractivity contribution >= 4 is 0 Å². The van der Waals surface area contributed by atoms with Crippen LogP contribution in [0, 0.1) is 0 Å². The van der Waals surface area contributed by atoms with Crippen molar-refractivity contribution in [3.63, 3.8) is 0 Å². The van der Waals surface area contributed by atoms with E-state index in [9.17, 15) is 5.11 Å². The van der Waals surface area contributed by atoms with Gasteiger partial charge in [0.2, 0.25) is 0 Å². The fourth-order valence-electron chi connectivity index (χ4n) is 4.15. The van der Waals surface area contributed by atoms with E-state index in [0.717, 1.165) is 34.7 Å². The van der Waals surface area contributed by atoms with E-state index in [4.69, 9.17) is 14.6 Å². The Morgan fingerprint density at radius 3 is 2.66 bits per heavy atom. The van der Waals surface area contributed by atoms with Gasteiger partial charge in [-0.05, 0) is 43.4 Å². The van der Waals surface area contributed by atoms with Gasteiger partial charge in [-0.1, -0.05) is 46.5 Å². The maximum Gasteiger partial charge on any atom is 0.134 e. The minimum atomic E-state index is -0.464. The number of fused-ring (bicyclic) bond motifs is 3. The summed E-state index contributed by atoms with van der Waals surface area (Å²) in [5.74, 6) is 1.55. The van der Waals surface area contributed by atoms with Crippen LogP contribution in [-0.4, -0.2) is 28.1 Å². The monoisotopic (exact) mass is 400 g/mol. The molecule has 0 unspecified atom stereocenters. The SMILES string of the molecule is CCCCCCC(C)(C)c1cc(OCCO)c2c(c1)OC(C)(C)c1cn(C)nc1-2. The van der Waals surface area contributed by atoms with E-state index >= 15 is 0 Å². The lowest BCUT2D eigenvalue weighted by atomic mass is 9.78. The molecule has 2 heterocycles. The van der Waals surface area contributed by atoms with Crippen LogP contribution < -0.4 is 9.47 Å². The second-order valence-corrected chi connectivity index (χ2v) is 9.29. The quantitative estimate of drug-likeness (QED) is 0.578. The third-order valence-electron chi connectivity index (χ3n) is 5.93. The van der Waals surface area contributed by atoms with Gasteiger partial charge in [0.05, 0.1) is 12.2 Å². The van der Waals surface area contributed by atoms with Crippen molar-refractivity contribution in [2.24, 2.45) is 7.05 Å². The molecule has 1 aromatic carbocycles. The summed E-state index contributed by atoms with van der Waals surface area (Å²) in [5.41, 5.74) is 3.59. The molecule has 160 valence electrons. The molecule has 5 heteroatoms. The number of aromatic nitrogens is 2. The molecule has 1 aliphatic rings. The van der Waals surface area contributed by atoms with E-state index in [1.807, 2.05) is 17.9 Å². The summed E-state index contributed by atoms with van der Waals surface area (Å²) in [7, 11) is 1.93. The van der Waals surface area contributed by atoms with Crippen LogP contribution in [0.5, 0.6) is 11.5 Å². The molecule has 5 nitrogen and oxygen atoms in total. The van der Waals surface area contributed by atoms with Crippen LogP contribution in [0.4, 0.5) is 0 Å². The molecule has 0 bridgehead atoms. The highest BCUT2D eigenvalue weighted by molar-refractivity contribution is 5.79. The van der Waals surface area contributed by atoms with Gasteiger partial charge in [-0.2, -0.15) is 5.10 Å². The zero-order valence-corrected chi connectivity index (χ0v) is 18.8. The molecule has 0 saturated heterocycles. The molecule has 1 aliphatic heterocycles. The Hall–Kier alpha value is -2.01. The van der Waals surface area contributed by atoms with Gasteiger partial charge in [0.25, 0.3) is 0 Å². The average molecular weight is 401 g/mol. The van der Waals surface area contributed by atoms with Crippen molar-refractivity contribution in [3.8, 4) is 22.8 Å². The third-order valence-corrected chi connectivity index (χ3v) is 5.93. The highest BCUT2D eigenvalue weighted by atomic mass is 16.5. The molecule has 3 rings (SSSR count). The third kappa shape index (κ3) is 4.45. The minimum Gasteiger partial charge on any atom is -0.490 e. The molecule has 0 spiro atoms. The summed E-state index contributed by atoms with van der Waals surface area (Å²) in [4.78, 5) is 0. The second kappa shape index (κ2) is 8.39. The lowest BCUT2D eigenvalue weighted by Crippen LogP contribution is -2.29. The first kappa shape index (κ1) is 21.7. The van der Waals surface area contributed by atoms with Crippen molar-refractivity contribution < 1.29 is 14.6 Å². The molecule has 0 saturated carbocycles. The molecular weight excluding hydrogens is 364 g/mol. The number of benzene rings is 1. The smallest absolute Gasteiger partial charge is 0.134 e. The Bertz CT molecular complexity index is 852. The van der Waals surface area contributed by atoms with E-state index in [2.05, 4.69) is 46.8 Å². The lowest BCUT2D eigenvalue weighted by Gasteiger charge is -2.35. The van der Waals surface area contributed by atoms with Crippen LogP contribution in [0.25, 0.3) is 11.3 Å². The molecule has 2 aromatic rings. The van der Waals surface area contributed by atoms with E-state index in [-0.39, 0.29) is 18.6 Å². The summed E-state index contributed by atoms with van der Waals surface area (Å²) in [5, 5.41) is 14.0. The van der Waals surface area contributed by atoms with Crippen LogP contribution >= 0.6 is 0 Å². The van der Waals surface area contributed by atoms with E-state index in [1.165, 1.54) is 31.2 Å². The summed E-state index contributed by atoms with van der Waals surface area (Å²) in [6, 6.07) is 4.29. The number of hydrogen-bond acceptors (Lipinski definition) is 4. The standard InChI is InChI=1S/C24H36N2O3/c1-7-8-9-10-11-23(2,3)17-14-19(28-13-12-27)21-20(15-17)29-24(4,5)18-16-26(6)25-22(18)21/h14-16,27H,7-13H2,1-6H3. The van der Waals surface area contributed by atoms with Gasteiger partial charge in [-0.25, -0.2) is 0 Å². The first-order valence-electron chi connectivity index (χ1n) is 10.9. The summed E-state index contributed by atoms with van der Waals surface area (Å²) in [6.07, 6.45) is 8.13. The fourth-order valence-corrected chi connectivity index (χ4v) is 4.15. The first-order chi connectivity index (χ1) is 13.7. The average Bonchev–Trinajstić information content (AvgIpc) is 3.05. The van der Waals surface area contributed by atoms with Crippen molar-refractivity contribution in [1.82, 2.24) is 9.78 Å². The van der Waals surface area contributed by atoms with Crippen LogP contribution in [0.2, 0.25) is 0 Å². The van der Waals surface area contributed by atoms with E-state index < -0.39 is 5.60 Å². The normalized spacial score (nSPS) is 14.9. The molecule has 1 aromatic heterocycles. The van der Waals surface area contributed by atoms with Crippen LogP contribution in [0.1, 0.15) is 77.8 Å². The van der Waals surface area contributed by atoms with Crippen molar-refractivity contribution in [1.29, 1.82) is 0 Å². The molecule has 0 atom stereocenters. The topological polar surface area (TPSA) is 56.5 Å². The molecule has 0 aliphatic carbocycles. The van der Waals surface area contributed by atoms with Crippen molar-refractivity contribution in [3.05, 3.63) is 29.5 Å². The summed E-state index contributed by atoms with van der Waals surface area (Å²) in [6.45, 7) is 11.2. The number of unbranched alkanes of at least 4 members (excludes halogenated alkanes) is 3. The Kier molecular flexibility index (Phi) is 6.27. The number of aryl methyl sites for hydroxylation is 1. The zero-order chi connectivity index (χ0) is 21.2. The van der Waals surface area contributed by atoms with Gasteiger partial charge in [0.1, 0.15) is 29.4 Å². The van der Waals surface area contributed by atoms with Crippen LogP contribution in [0.3, 0.4) is 0 Å². The Labute approximate surface area is 175 Å². The van der Waals surface area contributed by atoms with Gasteiger partial charge < -0.3 is 14.6 Å². The van der Waals surface area contributed by atoms with Crippen molar-refractivity contribution in [2.75, 3.05) is 13.2 Å². The second-order valence-electron chi connectivity index (χ2n) is 9.29. The van der Waals surface area contributed by atoms with Crippen LogP contribution in [0.15, 0.2) is 18.3 Å². The Morgan fingerprint density at radius 1 is 1.21 bits per heavy atom. The minimum absolute atomic E-state index is 0.0119. The molecule has 29 heavy (non-hydrogen) atoms. The van der Waals surface area contributed by atoms with E-state index in [0.29, 0.717) is 0 Å². The number of ether oxygens (including phenoxy) is 2. The predicted molar refractivity (Wildman–Crippen MR) is 117 cm³/mol. The van der Waals surface area contributed by atoms with Gasteiger partial charge in [0.15, 0.2) is 0 Å². The Morgan fingerprint density at radius 2 is 1.97 bits per heavy atom. The van der Waals surface area contributed by atoms with E-state index in [1.54, 1.807) is 0 Å². The highest BCUT2D eigenvalue weighted by Crippen LogP contribution is 2.50. The van der Waals surface area contributed by atoms with Gasteiger partial charge in [-0.3, -0.25) is 4.68 Å². The highest BCUT2D eigenvalue weighted by Gasteiger charge is 2.38. The number of nitrogens with zero attached hydrogens (tertiary/aromatic N) is 2. The summed E-state index contributed by atoms with van der Waals surface area (Å²) < 4.78 is 14.3. The zero-order valence-electron chi connectivity index (χ0n) is 18.8. The lowest BCUT2D eigenvalue weighted by molar-refractivity contribution is 0.104. The Balaban J connectivity index is 2.05. The van der Waals surface area contributed by atoms with Crippen LogP contribution in [-0.2, 0) is 18.1 Å². The molecular formula is C24H36N2O3.